The number of unbranched alkanes of at least 4 members (excludes halogenated alkanes) is 17. The second-order valence-corrected chi connectivity index (χ2v) is 11.7. The van der Waals surface area contributed by atoms with Crippen LogP contribution >= 0.6 is 0 Å². The molecule has 222 valence electrons. The molecular formula is C30H62O6Ti. The van der Waals surface area contributed by atoms with Crippen molar-refractivity contribution in [1.82, 2.24) is 0 Å². The summed E-state index contributed by atoms with van der Waals surface area (Å²) in [6, 6.07) is 0. The molecule has 0 aromatic carbocycles. The van der Waals surface area contributed by atoms with Gasteiger partial charge in [-0.15, -0.1) is 0 Å². The van der Waals surface area contributed by atoms with Gasteiger partial charge in [0.25, 0.3) is 5.97 Å². The van der Waals surface area contributed by atoms with Crippen LogP contribution in [-0.2, 0) is 39.5 Å². The fraction of sp³-hybridized carbons (Fsp3) is 1.00. The van der Waals surface area contributed by atoms with E-state index in [-0.39, 0.29) is 0 Å². The van der Waals surface area contributed by atoms with Crippen molar-refractivity contribution in [2.45, 2.75) is 168 Å². The maximum absolute atomic E-state index is 10.5. The molecule has 0 aromatic rings. The van der Waals surface area contributed by atoms with Crippen LogP contribution in [0, 0.1) is 0 Å². The minimum atomic E-state index is -3.29. The molecule has 0 unspecified atom stereocenters. The van der Waals surface area contributed by atoms with Crippen molar-refractivity contribution in [1.29, 1.82) is 0 Å². The van der Waals surface area contributed by atoms with Crippen LogP contribution < -0.4 is 0 Å². The number of ether oxygens (including phenoxy) is 3. The van der Waals surface area contributed by atoms with Crippen molar-refractivity contribution >= 4 is 0 Å². The molecule has 0 aliphatic rings. The van der Waals surface area contributed by atoms with Gasteiger partial charge in [0.15, 0.2) is 0 Å². The monoisotopic (exact) mass is 566 g/mol. The predicted octanol–water partition coefficient (Wildman–Crippen LogP) is 9.13. The normalized spacial score (nSPS) is 11.9. The molecule has 0 aliphatic carbocycles. The van der Waals surface area contributed by atoms with Gasteiger partial charge in [-0.1, -0.05) is 65.7 Å². The first-order valence-corrected chi connectivity index (χ1v) is 17.8. The van der Waals surface area contributed by atoms with Gasteiger partial charge in [-0.05, 0) is 25.7 Å². The van der Waals surface area contributed by atoms with Crippen molar-refractivity contribution in [3.8, 4) is 0 Å². The van der Waals surface area contributed by atoms with E-state index in [9.17, 15) is 3.32 Å². The van der Waals surface area contributed by atoms with Gasteiger partial charge in [0.2, 0.25) is 0 Å². The summed E-state index contributed by atoms with van der Waals surface area (Å²) in [6.07, 6.45) is 26.2. The molecule has 0 bridgehead atoms. The first-order valence-electron chi connectivity index (χ1n) is 15.9. The molecule has 37 heavy (non-hydrogen) atoms. The largest absolute Gasteiger partial charge is 0.327 e. The van der Waals surface area contributed by atoms with Crippen molar-refractivity contribution < 1.29 is 43.2 Å². The fourth-order valence-electron chi connectivity index (χ4n) is 4.36. The summed E-state index contributed by atoms with van der Waals surface area (Å²) < 4.78 is 42.7. The third-order valence-electron chi connectivity index (χ3n) is 6.81. The summed E-state index contributed by atoms with van der Waals surface area (Å²) >= 11 is -3.29. The van der Waals surface area contributed by atoms with E-state index in [2.05, 4.69) is 20.8 Å². The number of hydrogen-bond donors (Lipinski definition) is 1. The van der Waals surface area contributed by atoms with E-state index in [4.69, 9.17) is 21.2 Å². The van der Waals surface area contributed by atoms with Crippen LogP contribution in [0.25, 0.3) is 0 Å². The van der Waals surface area contributed by atoms with Crippen LogP contribution in [0.1, 0.15) is 162 Å². The molecule has 0 saturated heterocycles. The Kier molecular flexibility index (Phi) is 29.5. The Labute approximate surface area is 237 Å². The van der Waals surface area contributed by atoms with Gasteiger partial charge in [0, 0.05) is 6.42 Å². The third-order valence-corrected chi connectivity index (χ3v) is 7.52. The molecule has 0 fully saturated rings. The topological polar surface area (TPSA) is 74.2 Å². The maximum Gasteiger partial charge on any atom is 0.0524 e. The zero-order valence-electron chi connectivity index (χ0n) is 24.9. The zero-order valence-corrected chi connectivity index (χ0v) is 26.4. The van der Waals surface area contributed by atoms with Gasteiger partial charge >= 0.3 is 99.8 Å². The zero-order chi connectivity index (χ0) is 27.3. The summed E-state index contributed by atoms with van der Waals surface area (Å²) in [7, 11) is 0. The first kappa shape index (κ1) is 37.3. The van der Waals surface area contributed by atoms with Gasteiger partial charge in [-0.2, -0.15) is 0 Å². The maximum atomic E-state index is 10.5. The fourth-order valence-corrected chi connectivity index (χ4v) is 4.86. The molecule has 0 spiro atoms. The van der Waals surface area contributed by atoms with Gasteiger partial charge in [-0.3, -0.25) is 0 Å². The van der Waals surface area contributed by atoms with Gasteiger partial charge in [-0.25, -0.2) is 0 Å². The summed E-state index contributed by atoms with van der Waals surface area (Å²) in [5.41, 5.74) is 0. The van der Waals surface area contributed by atoms with Crippen molar-refractivity contribution in [2.24, 2.45) is 0 Å². The van der Waals surface area contributed by atoms with Crippen LogP contribution in [0.5, 0.6) is 0 Å². The number of rotatable bonds is 31. The molecule has 0 aromatic heterocycles. The second kappa shape index (κ2) is 29.3. The van der Waals surface area contributed by atoms with Gasteiger partial charge in [0.1, 0.15) is 0 Å². The quantitative estimate of drug-likeness (QED) is 0.0512. The van der Waals surface area contributed by atoms with Crippen molar-refractivity contribution in [3.63, 3.8) is 0 Å². The molecular weight excluding hydrogens is 504 g/mol. The molecule has 0 rings (SSSR count). The standard InChI is InChI=1S/C30H61O4.H2O.O.Ti/c1-4-7-27-32-30(33-28-8-5-2,34-29-9-6-3)25-23-21-19-17-15-13-11-10-12-14-16-18-20-22-24-26-31;;;/h4-29H2,1-3H3;1H2;;/q-1;;;+2/p-1. The van der Waals surface area contributed by atoms with Crippen LogP contribution in [-0.4, -0.2) is 36.1 Å². The second-order valence-electron chi connectivity index (χ2n) is 10.5. The molecule has 0 saturated carbocycles. The van der Waals surface area contributed by atoms with Crippen LogP contribution in [0.3, 0.4) is 0 Å². The Hall–Kier alpha value is 0.314. The first-order chi connectivity index (χ1) is 18.1. The average Bonchev–Trinajstić information content (AvgIpc) is 2.88. The minimum Gasteiger partial charge on any atom is -0.327 e. The van der Waals surface area contributed by atoms with E-state index in [0.717, 1.165) is 64.2 Å². The van der Waals surface area contributed by atoms with E-state index in [1.54, 1.807) is 0 Å². The van der Waals surface area contributed by atoms with Crippen LogP contribution in [0.15, 0.2) is 0 Å². The molecule has 1 N–H and O–H groups in total. The van der Waals surface area contributed by atoms with Crippen molar-refractivity contribution in [3.05, 3.63) is 0 Å². The molecule has 0 radical (unpaired) electrons. The SMILES string of the molecule is CCCCOC(CCCCCCCCCCCCCCCCC[O][Ti](=[O])[OH])(OCCCC)OCCCC. The molecule has 0 heterocycles. The summed E-state index contributed by atoms with van der Waals surface area (Å²) in [5, 5.41) is 0. The third kappa shape index (κ3) is 26.3. The Morgan fingerprint density at radius 2 is 0.811 bits per heavy atom. The van der Waals surface area contributed by atoms with E-state index >= 15 is 0 Å². The summed E-state index contributed by atoms with van der Waals surface area (Å²) in [6.45, 7) is 9.15. The van der Waals surface area contributed by atoms with Gasteiger partial charge < -0.3 is 14.2 Å². The van der Waals surface area contributed by atoms with E-state index in [1.807, 2.05) is 0 Å². The Bertz CT molecular complexity index is 450. The summed E-state index contributed by atoms with van der Waals surface area (Å²) in [5.74, 6) is -0.837. The Morgan fingerprint density at radius 3 is 1.14 bits per heavy atom. The van der Waals surface area contributed by atoms with Gasteiger partial charge in [0.05, 0.1) is 19.8 Å². The molecule has 0 atom stereocenters. The molecule has 7 heteroatoms. The van der Waals surface area contributed by atoms with E-state index in [0.29, 0.717) is 26.4 Å². The molecule has 0 aliphatic heterocycles. The minimum absolute atomic E-state index is 0.449. The smallest absolute Gasteiger partial charge is 0.0524 e. The van der Waals surface area contributed by atoms with Crippen molar-refractivity contribution in [2.75, 3.05) is 26.4 Å². The average molecular weight is 567 g/mol. The molecule has 0 amide bonds. The van der Waals surface area contributed by atoms with E-state index < -0.39 is 24.6 Å². The van der Waals surface area contributed by atoms with Crippen LogP contribution in [0.4, 0.5) is 0 Å². The molecule has 6 nitrogen and oxygen atoms in total. The van der Waals surface area contributed by atoms with Crippen LogP contribution in [0.2, 0.25) is 0 Å². The van der Waals surface area contributed by atoms with E-state index in [1.165, 1.54) is 77.0 Å². The number of hydrogen-bond acceptors (Lipinski definition) is 5. The Balaban J connectivity index is 3.83. The predicted molar refractivity (Wildman–Crippen MR) is 148 cm³/mol. The Morgan fingerprint density at radius 1 is 0.486 bits per heavy atom. The summed E-state index contributed by atoms with van der Waals surface area (Å²) in [4.78, 5) is 0.